The van der Waals surface area contributed by atoms with Gasteiger partial charge in [0.2, 0.25) is 0 Å². The van der Waals surface area contributed by atoms with Crippen LogP contribution in [0.2, 0.25) is 0 Å². The molecule has 3 aliphatic heterocycles. The number of hydrogen-bond donors (Lipinski definition) is 0. The molecular weight excluding hydrogens is 372 g/mol. The van der Waals surface area contributed by atoms with Crippen molar-refractivity contribution >= 4 is 5.69 Å². The largest absolute Gasteiger partial charge is 0.457 e. The lowest BCUT2D eigenvalue weighted by atomic mass is 9.87. The average Bonchev–Trinajstić information content (AvgIpc) is 3.28. The quantitative estimate of drug-likeness (QED) is 0.611. The van der Waals surface area contributed by atoms with Crippen LogP contribution in [0.4, 0.5) is 5.69 Å². The first-order valence-electron chi connectivity index (χ1n) is 10.8. The van der Waals surface area contributed by atoms with Gasteiger partial charge in [-0.1, -0.05) is 72.8 Å². The van der Waals surface area contributed by atoms with Crippen LogP contribution in [-0.2, 0) is 10.5 Å². The highest BCUT2D eigenvalue weighted by molar-refractivity contribution is 5.66. The van der Waals surface area contributed by atoms with Gasteiger partial charge in [-0.3, -0.25) is 4.90 Å². The summed E-state index contributed by atoms with van der Waals surface area (Å²) in [7, 11) is 0. The van der Waals surface area contributed by atoms with E-state index >= 15 is 0 Å². The Hall–Kier alpha value is -2.82. The zero-order chi connectivity index (χ0) is 20.3. The van der Waals surface area contributed by atoms with E-state index < -0.39 is 11.4 Å². The fraction of sp³-hybridized carbons (Fsp3) is 0.308. The topological polar surface area (TPSA) is 24.9 Å². The Morgan fingerprint density at radius 1 is 0.833 bits per heavy atom. The molecule has 3 heterocycles. The predicted molar refractivity (Wildman–Crippen MR) is 117 cm³/mol. The van der Waals surface area contributed by atoms with Gasteiger partial charge in [-0.15, -0.1) is 0 Å². The fourth-order valence-electron chi connectivity index (χ4n) is 5.77. The number of rotatable bonds is 2. The Balaban J connectivity index is 1.54. The van der Waals surface area contributed by atoms with Gasteiger partial charge in [0.05, 0.1) is 5.69 Å². The molecule has 3 aromatic rings. The minimum absolute atomic E-state index is 0.0101. The van der Waals surface area contributed by atoms with Crippen molar-refractivity contribution < 1.29 is 9.47 Å². The Morgan fingerprint density at radius 2 is 1.50 bits per heavy atom. The molecule has 4 atom stereocenters. The van der Waals surface area contributed by atoms with Crippen LogP contribution >= 0.6 is 0 Å². The van der Waals surface area contributed by atoms with E-state index in [0.29, 0.717) is 0 Å². The maximum atomic E-state index is 7.01. The number of fused-ring (bicyclic) bond motifs is 5. The van der Waals surface area contributed by atoms with Crippen LogP contribution in [0.25, 0.3) is 0 Å². The number of benzene rings is 3. The van der Waals surface area contributed by atoms with Crippen LogP contribution in [-0.4, -0.2) is 29.8 Å². The number of anilines is 1. The number of nitrogens with zero attached hydrogens (tertiary/aromatic N) is 2. The summed E-state index contributed by atoms with van der Waals surface area (Å²) in [6.07, 6.45) is -0.0101. The van der Waals surface area contributed by atoms with Gasteiger partial charge >= 0.3 is 0 Å². The molecule has 4 heteroatoms. The maximum absolute atomic E-state index is 7.01. The summed E-state index contributed by atoms with van der Waals surface area (Å²) < 4.78 is 13.9. The molecule has 4 nitrogen and oxygen atoms in total. The standard InChI is InChI=1S/C26H26N2O2/c1-19-24(20-11-5-3-6-12-20)30-25(2)26(21-13-7-4-8-14-21)28(18-17-27(19)25)22-15-9-10-16-23(22)29-26/h3-16,19,24H,17-18H2,1-2H3/t19-,24-,25-,26-/m0/s1. The molecule has 0 unspecified atom stereocenters. The lowest BCUT2D eigenvalue weighted by Gasteiger charge is -2.55. The molecule has 2 fully saturated rings. The highest BCUT2D eigenvalue weighted by Crippen LogP contribution is 2.60. The third kappa shape index (κ3) is 2.18. The molecule has 30 heavy (non-hydrogen) atoms. The van der Waals surface area contributed by atoms with Crippen molar-refractivity contribution in [3.8, 4) is 5.75 Å². The Bertz CT molecular complexity index is 1070. The van der Waals surface area contributed by atoms with Crippen molar-refractivity contribution in [2.45, 2.75) is 37.4 Å². The van der Waals surface area contributed by atoms with Gasteiger partial charge in [-0.05, 0) is 31.5 Å². The monoisotopic (exact) mass is 398 g/mol. The van der Waals surface area contributed by atoms with E-state index in [1.165, 1.54) is 5.56 Å². The molecule has 0 bridgehead atoms. The second-order valence-corrected chi connectivity index (χ2v) is 8.60. The minimum Gasteiger partial charge on any atom is -0.457 e. The first-order chi connectivity index (χ1) is 14.6. The first-order valence-corrected chi connectivity index (χ1v) is 10.8. The second kappa shape index (κ2) is 6.34. The number of hydrogen-bond acceptors (Lipinski definition) is 4. The van der Waals surface area contributed by atoms with E-state index in [1.54, 1.807) is 0 Å². The van der Waals surface area contributed by atoms with Crippen molar-refractivity contribution in [1.29, 1.82) is 0 Å². The molecule has 0 N–H and O–H groups in total. The van der Waals surface area contributed by atoms with Gasteiger partial charge in [0.15, 0.2) is 5.72 Å². The Labute approximate surface area is 177 Å². The van der Waals surface area contributed by atoms with Crippen LogP contribution in [0.15, 0.2) is 84.9 Å². The van der Waals surface area contributed by atoms with Crippen molar-refractivity contribution in [2.75, 3.05) is 18.0 Å². The first kappa shape index (κ1) is 18.0. The molecule has 3 aliphatic rings. The molecule has 0 radical (unpaired) electrons. The van der Waals surface area contributed by atoms with Crippen molar-refractivity contribution in [3.63, 3.8) is 0 Å². The summed E-state index contributed by atoms with van der Waals surface area (Å²) in [6.45, 7) is 6.29. The summed E-state index contributed by atoms with van der Waals surface area (Å²) in [6, 6.07) is 29.7. The highest BCUT2D eigenvalue weighted by atomic mass is 16.6. The average molecular weight is 399 g/mol. The van der Waals surface area contributed by atoms with Crippen LogP contribution < -0.4 is 9.64 Å². The van der Waals surface area contributed by atoms with Gasteiger partial charge in [-0.2, -0.15) is 0 Å². The van der Waals surface area contributed by atoms with E-state index in [4.69, 9.17) is 9.47 Å². The van der Waals surface area contributed by atoms with E-state index in [1.807, 2.05) is 6.07 Å². The molecule has 2 saturated heterocycles. The molecule has 0 aromatic heterocycles. The highest BCUT2D eigenvalue weighted by Gasteiger charge is 2.70. The normalized spacial score (nSPS) is 32.3. The number of piperazine rings is 1. The minimum atomic E-state index is -0.742. The van der Waals surface area contributed by atoms with Gasteiger partial charge in [0.25, 0.3) is 5.72 Å². The predicted octanol–water partition coefficient (Wildman–Crippen LogP) is 4.93. The maximum Gasteiger partial charge on any atom is 0.252 e. The fourth-order valence-corrected chi connectivity index (χ4v) is 5.77. The summed E-state index contributed by atoms with van der Waals surface area (Å²) in [5.74, 6) is 0.920. The third-order valence-corrected chi connectivity index (χ3v) is 7.11. The summed E-state index contributed by atoms with van der Waals surface area (Å²) in [5, 5.41) is 0. The number of ether oxygens (including phenoxy) is 2. The van der Waals surface area contributed by atoms with Gasteiger partial charge < -0.3 is 14.4 Å². The molecular formula is C26H26N2O2. The Morgan fingerprint density at radius 3 is 2.27 bits per heavy atom. The van der Waals surface area contributed by atoms with Crippen LogP contribution in [0.1, 0.15) is 31.1 Å². The zero-order valence-corrected chi connectivity index (χ0v) is 17.4. The third-order valence-electron chi connectivity index (χ3n) is 7.11. The SMILES string of the molecule is C[C@H]1[C@@H](c2ccccc2)O[C@]2(C)N1CCN1c3ccccc3O[C@]12c1ccccc1. The molecule has 0 saturated carbocycles. The van der Waals surface area contributed by atoms with Crippen molar-refractivity contribution in [1.82, 2.24) is 4.90 Å². The van der Waals surface area contributed by atoms with Gasteiger partial charge in [0, 0.05) is 24.7 Å². The zero-order valence-electron chi connectivity index (χ0n) is 17.4. The van der Waals surface area contributed by atoms with Crippen LogP contribution in [0.3, 0.4) is 0 Å². The summed E-state index contributed by atoms with van der Waals surface area (Å²) in [5.41, 5.74) is 2.08. The molecule has 0 amide bonds. The summed E-state index contributed by atoms with van der Waals surface area (Å²) in [4.78, 5) is 4.91. The van der Waals surface area contributed by atoms with Gasteiger partial charge in [0.1, 0.15) is 11.9 Å². The van der Waals surface area contributed by atoms with E-state index in [0.717, 1.165) is 30.1 Å². The Kier molecular flexibility index (Phi) is 3.80. The smallest absolute Gasteiger partial charge is 0.252 e. The lowest BCUT2D eigenvalue weighted by Crippen LogP contribution is -2.73. The molecule has 0 aliphatic carbocycles. The second-order valence-electron chi connectivity index (χ2n) is 8.60. The molecule has 152 valence electrons. The summed E-state index contributed by atoms with van der Waals surface area (Å²) >= 11 is 0. The van der Waals surface area contributed by atoms with E-state index in [-0.39, 0.29) is 12.1 Å². The van der Waals surface area contributed by atoms with Crippen molar-refractivity contribution in [2.24, 2.45) is 0 Å². The van der Waals surface area contributed by atoms with Crippen LogP contribution in [0, 0.1) is 0 Å². The molecule has 3 aromatic carbocycles. The van der Waals surface area contributed by atoms with E-state index in [9.17, 15) is 0 Å². The lowest BCUT2D eigenvalue weighted by molar-refractivity contribution is -0.219. The van der Waals surface area contributed by atoms with Gasteiger partial charge in [-0.25, -0.2) is 0 Å². The van der Waals surface area contributed by atoms with Crippen molar-refractivity contribution in [3.05, 3.63) is 96.1 Å². The molecule has 6 rings (SSSR count). The van der Waals surface area contributed by atoms with E-state index in [2.05, 4.69) is 103 Å². The molecule has 0 spiro atoms. The number of para-hydroxylation sites is 2. The van der Waals surface area contributed by atoms with Crippen LogP contribution in [0.5, 0.6) is 5.75 Å².